The Bertz CT molecular complexity index is 646. The predicted octanol–water partition coefficient (Wildman–Crippen LogP) is 4.27. The molecule has 1 aromatic heterocycles. The Morgan fingerprint density at radius 3 is 2.36 bits per heavy atom. The molecule has 2 aromatic rings. The van der Waals surface area contributed by atoms with E-state index in [1.54, 1.807) is 48.7 Å². The third-order valence-corrected chi connectivity index (χ3v) is 3.66. The maximum atomic E-state index is 12.3. The topological polar surface area (TPSA) is 54.0 Å². The second kappa shape index (κ2) is 7.38. The van der Waals surface area contributed by atoms with Gasteiger partial charge in [-0.2, -0.15) is 0 Å². The molecule has 0 radical (unpaired) electrons. The average Bonchev–Trinajstić information content (AvgIpc) is 2.47. The van der Waals surface area contributed by atoms with Crippen molar-refractivity contribution >= 4 is 58.1 Å². The van der Waals surface area contributed by atoms with Crippen LogP contribution in [0.15, 0.2) is 48.7 Å². The smallest absolute Gasteiger partial charge is 0.254 e. The number of hydrogen-bond acceptors (Lipinski definition) is 3. The van der Waals surface area contributed by atoms with Crippen LogP contribution in [0.2, 0.25) is 5.02 Å². The van der Waals surface area contributed by atoms with Crippen LogP contribution < -0.4 is 10.6 Å². The molecular formula is C14H11Cl4N3O. The Labute approximate surface area is 147 Å². The third-order valence-electron chi connectivity index (χ3n) is 2.68. The molecule has 22 heavy (non-hydrogen) atoms. The molecule has 0 saturated carbocycles. The Balaban J connectivity index is 2.17. The Hall–Kier alpha value is -1.20. The first-order valence-electron chi connectivity index (χ1n) is 6.17. The maximum absolute atomic E-state index is 12.3. The highest BCUT2D eigenvalue weighted by Crippen LogP contribution is 2.31. The molecule has 1 amide bonds. The van der Waals surface area contributed by atoms with Crippen LogP contribution in [-0.2, 0) is 0 Å². The second-order valence-electron chi connectivity index (χ2n) is 4.29. The van der Waals surface area contributed by atoms with Gasteiger partial charge in [0.15, 0.2) is 0 Å². The highest BCUT2D eigenvalue weighted by atomic mass is 35.6. The van der Waals surface area contributed by atoms with Gasteiger partial charge in [-0.3, -0.25) is 4.79 Å². The monoisotopic (exact) mass is 377 g/mol. The SMILES string of the molecule is O=C(NC(Nc1ccccn1)C(Cl)(Cl)Cl)c1ccccc1Cl. The van der Waals surface area contributed by atoms with E-state index in [0.717, 1.165) is 0 Å². The van der Waals surface area contributed by atoms with Crippen LogP contribution in [0.5, 0.6) is 0 Å². The van der Waals surface area contributed by atoms with Crippen molar-refractivity contribution in [1.29, 1.82) is 0 Å². The molecular weight excluding hydrogens is 368 g/mol. The highest BCUT2D eigenvalue weighted by molar-refractivity contribution is 6.68. The fourth-order valence-corrected chi connectivity index (χ4v) is 2.20. The van der Waals surface area contributed by atoms with Crippen molar-refractivity contribution in [3.63, 3.8) is 0 Å². The summed E-state index contributed by atoms with van der Waals surface area (Å²) in [4.78, 5) is 16.3. The molecule has 2 N–H and O–H groups in total. The number of anilines is 1. The predicted molar refractivity (Wildman–Crippen MR) is 90.9 cm³/mol. The van der Waals surface area contributed by atoms with Gasteiger partial charge in [-0.1, -0.05) is 64.6 Å². The summed E-state index contributed by atoms with van der Waals surface area (Å²) in [5.41, 5.74) is 0.284. The molecule has 1 atom stereocenters. The largest absolute Gasteiger partial charge is 0.347 e. The van der Waals surface area contributed by atoms with Crippen LogP contribution in [0.25, 0.3) is 0 Å². The molecule has 4 nitrogen and oxygen atoms in total. The number of alkyl halides is 3. The zero-order valence-corrected chi connectivity index (χ0v) is 14.1. The fourth-order valence-electron chi connectivity index (χ4n) is 1.65. The molecule has 0 aliphatic carbocycles. The molecule has 0 aliphatic heterocycles. The van der Waals surface area contributed by atoms with Gasteiger partial charge in [0.05, 0.1) is 10.6 Å². The number of nitrogens with zero attached hydrogens (tertiary/aromatic N) is 1. The second-order valence-corrected chi connectivity index (χ2v) is 7.06. The Kier molecular flexibility index (Phi) is 5.75. The molecule has 0 saturated heterocycles. The third kappa shape index (κ3) is 4.65. The minimum Gasteiger partial charge on any atom is -0.347 e. The minimum atomic E-state index is -1.78. The fraction of sp³-hybridized carbons (Fsp3) is 0.143. The van der Waals surface area contributed by atoms with Gasteiger partial charge in [0.25, 0.3) is 5.91 Å². The number of halogens is 4. The number of nitrogens with one attached hydrogen (secondary N) is 2. The molecule has 0 fully saturated rings. The maximum Gasteiger partial charge on any atom is 0.254 e. The van der Waals surface area contributed by atoms with Crippen LogP contribution in [0.3, 0.4) is 0 Å². The molecule has 1 unspecified atom stereocenters. The van der Waals surface area contributed by atoms with Crippen molar-refractivity contribution in [2.45, 2.75) is 9.96 Å². The van der Waals surface area contributed by atoms with Gasteiger partial charge >= 0.3 is 0 Å². The molecule has 0 aliphatic rings. The molecule has 0 bridgehead atoms. The molecule has 1 heterocycles. The first kappa shape index (κ1) is 17.2. The van der Waals surface area contributed by atoms with E-state index < -0.39 is 15.9 Å². The number of amides is 1. The van der Waals surface area contributed by atoms with E-state index >= 15 is 0 Å². The Morgan fingerprint density at radius 2 is 1.77 bits per heavy atom. The summed E-state index contributed by atoms with van der Waals surface area (Å²) in [6, 6.07) is 11.8. The van der Waals surface area contributed by atoms with E-state index in [9.17, 15) is 4.79 Å². The molecule has 116 valence electrons. The summed E-state index contributed by atoms with van der Waals surface area (Å²) in [7, 11) is 0. The zero-order chi connectivity index (χ0) is 16.2. The van der Waals surface area contributed by atoms with Gasteiger partial charge in [0, 0.05) is 6.20 Å². The Morgan fingerprint density at radius 1 is 1.09 bits per heavy atom. The number of benzene rings is 1. The summed E-state index contributed by atoms with van der Waals surface area (Å²) in [5.74, 6) is -0.0105. The quantitative estimate of drug-likeness (QED) is 0.616. The lowest BCUT2D eigenvalue weighted by molar-refractivity contribution is 0.0942. The van der Waals surface area contributed by atoms with Crippen molar-refractivity contribution in [3.05, 3.63) is 59.2 Å². The summed E-state index contributed by atoms with van der Waals surface area (Å²) >= 11 is 23.7. The summed E-state index contributed by atoms with van der Waals surface area (Å²) < 4.78 is -1.78. The lowest BCUT2D eigenvalue weighted by atomic mass is 10.2. The zero-order valence-electron chi connectivity index (χ0n) is 11.1. The van der Waals surface area contributed by atoms with E-state index in [1.807, 2.05) is 0 Å². The van der Waals surface area contributed by atoms with E-state index in [2.05, 4.69) is 15.6 Å². The van der Waals surface area contributed by atoms with Gasteiger partial charge in [0.2, 0.25) is 3.79 Å². The van der Waals surface area contributed by atoms with E-state index in [0.29, 0.717) is 10.8 Å². The molecule has 2 rings (SSSR count). The number of carbonyl (C=O) groups is 1. The van der Waals surface area contributed by atoms with Gasteiger partial charge < -0.3 is 10.6 Å². The number of pyridine rings is 1. The summed E-state index contributed by atoms with van der Waals surface area (Å²) in [6.45, 7) is 0. The number of hydrogen-bond donors (Lipinski definition) is 2. The van der Waals surface area contributed by atoms with Crippen LogP contribution in [-0.4, -0.2) is 20.8 Å². The lowest BCUT2D eigenvalue weighted by Gasteiger charge is -2.27. The van der Waals surface area contributed by atoms with Crippen LogP contribution in [0.1, 0.15) is 10.4 Å². The van der Waals surface area contributed by atoms with Crippen LogP contribution in [0, 0.1) is 0 Å². The lowest BCUT2D eigenvalue weighted by Crippen LogP contribution is -2.49. The van der Waals surface area contributed by atoms with Crippen LogP contribution >= 0.6 is 46.4 Å². The van der Waals surface area contributed by atoms with Crippen LogP contribution in [0.4, 0.5) is 5.82 Å². The molecule has 1 aromatic carbocycles. The number of carbonyl (C=O) groups excluding carboxylic acids is 1. The van der Waals surface area contributed by atoms with Gasteiger partial charge in [-0.15, -0.1) is 0 Å². The highest BCUT2D eigenvalue weighted by Gasteiger charge is 2.34. The van der Waals surface area contributed by atoms with E-state index in [-0.39, 0.29) is 5.56 Å². The molecule has 8 heteroatoms. The van der Waals surface area contributed by atoms with Gasteiger partial charge in [0.1, 0.15) is 12.0 Å². The molecule has 0 spiro atoms. The van der Waals surface area contributed by atoms with Crippen molar-refractivity contribution < 1.29 is 4.79 Å². The average molecular weight is 379 g/mol. The van der Waals surface area contributed by atoms with Gasteiger partial charge in [-0.25, -0.2) is 4.98 Å². The first-order chi connectivity index (χ1) is 10.4. The standard InChI is InChI=1S/C14H11Cl4N3O/c15-10-6-2-1-5-9(10)12(22)21-13(14(16,17)18)20-11-7-3-4-8-19-11/h1-8,13H,(H,19,20)(H,21,22). The summed E-state index contributed by atoms with van der Waals surface area (Å²) in [5, 5.41) is 5.76. The van der Waals surface area contributed by atoms with E-state index in [4.69, 9.17) is 46.4 Å². The van der Waals surface area contributed by atoms with Crippen molar-refractivity contribution in [2.75, 3.05) is 5.32 Å². The van der Waals surface area contributed by atoms with E-state index in [1.165, 1.54) is 0 Å². The van der Waals surface area contributed by atoms with Crippen molar-refractivity contribution in [3.8, 4) is 0 Å². The normalized spacial score (nSPS) is 12.5. The number of rotatable bonds is 4. The summed E-state index contributed by atoms with van der Waals surface area (Å²) in [6.07, 6.45) is 0.587. The minimum absolute atomic E-state index is 0.284. The van der Waals surface area contributed by atoms with Crippen molar-refractivity contribution in [2.24, 2.45) is 0 Å². The number of aromatic nitrogens is 1. The van der Waals surface area contributed by atoms with Gasteiger partial charge in [-0.05, 0) is 24.3 Å². The first-order valence-corrected chi connectivity index (χ1v) is 7.69. The van der Waals surface area contributed by atoms with Crippen molar-refractivity contribution in [1.82, 2.24) is 10.3 Å².